The summed E-state index contributed by atoms with van der Waals surface area (Å²) in [7, 11) is 0. The summed E-state index contributed by atoms with van der Waals surface area (Å²) in [5.74, 6) is -0.00851. The number of fused-ring (bicyclic) bond motifs is 1. The van der Waals surface area contributed by atoms with E-state index in [0.717, 1.165) is 32.1 Å². The van der Waals surface area contributed by atoms with E-state index in [0.29, 0.717) is 25.3 Å². The number of pyridine rings is 1. The number of rotatable bonds is 1. The van der Waals surface area contributed by atoms with Gasteiger partial charge < -0.3 is 15.0 Å². The molecule has 2 aliphatic heterocycles. The SMILES string of the molecule is O=C(C1CCNCC1)N1CCOc2c(F)cncc2C1. The van der Waals surface area contributed by atoms with Crippen LogP contribution in [0.4, 0.5) is 4.39 Å². The Morgan fingerprint density at radius 3 is 3.00 bits per heavy atom. The van der Waals surface area contributed by atoms with Crippen LogP contribution in [0.5, 0.6) is 5.75 Å². The van der Waals surface area contributed by atoms with Crippen molar-refractivity contribution in [2.45, 2.75) is 19.4 Å². The van der Waals surface area contributed by atoms with Crippen molar-refractivity contribution in [1.82, 2.24) is 15.2 Å². The van der Waals surface area contributed by atoms with Crippen LogP contribution in [0.15, 0.2) is 12.4 Å². The van der Waals surface area contributed by atoms with Crippen LogP contribution in [0.1, 0.15) is 18.4 Å². The van der Waals surface area contributed by atoms with E-state index in [1.165, 1.54) is 0 Å². The fourth-order valence-corrected chi connectivity index (χ4v) is 2.80. The number of piperidine rings is 1. The quantitative estimate of drug-likeness (QED) is 0.831. The molecule has 0 aromatic carbocycles. The van der Waals surface area contributed by atoms with Crippen LogP contribution in [0, 0.1) is 11.7 Å². The number of nitrogens with one attached hydrogen (secondary N) is 1. The molecule has 1 amide bonds. The number of carbonyl (C=O) groups excluding carboxylic acids is 1. The zero-order chi connectivity index (χ0) is 13.9. The standard InChI is InChI=1S/C14H18FN3O2/c15-12-8-17-7-11-9-18(5-6-20-13(11)12)14(19)10-1-3-16-4-2-10/h7-8,10,16H,1-6,9H2. The highest BCUT2D eigenvalue weighted by Crippen LogP contribution is 2.26. The van der Waals surface area contributed by atoms with E-state index in [1.807, 2.05) is 0 Å². The van der Waals surface area contributed by atoms with Crippen LogP contribution in [0.3, 0.4) is 0 Å². The lowest BCUT2D eigenvalue weighted by Crippen LogP contribution is -2.41. The van der Waals surface area contributed by atoms with Gasteiger partial charge in [0.1, 0.15) is 6.61 Å². The molecule has 0 radical (unpaired) electrons. The second kappa shape index (κ2) is 5.75. The van der Waals surface area contributed by atoms with Gasteiger partial charge in [0, 0.05) is 17.7 Å². The molecule has 0 saturated carbocycles. The van der Waals surface area contributed by atoms with Gasteiger partial charge in [-0.25, -0.2) is 4.39 Å². The summed E-state index contributed by atoms with van der Waals surface area (Å²) in [5.41, 5.74) is 0.643. The van der Waals surface area contributed by atoms with Gasteiger partial charge in [-0.1, -0.05) is 0 Å². The van der Waals surface area contributed by atoms with Crippen LogP contribution >= 0.6 is 0 Å². The number of hydrogen-bond donors (Lipinski definition) is 1. The highest BCUT2D eigenvalue weighted by Gasteiger charge is 2.28. The Balaban J connectivity index is 1.76. The third kappa shape index (κ3) is 2.60. The maximum absolute atomic E-state index is 13.6. The second-order valence-electron chi connectivity index (χ2n) is 5.24. The van der Waals surface area contributed by atoms with Crippen LogP contribution in [-0.2, 0) is 11.3 Å². The minimum atomic E-state index is -0.460. The zero-order valence-corrected chi connectivity index (χ0v) is 11.3. The number of aromatic nitrogens is 1. The van der Waals surface area contributed by atoms with Crippen molar-refractivity contribution in [1.29, 1.82) is 0 Å². The molecule has 3 heterocycles. The normalized spacial score (nSPS) is 19.9. The van der Waals surface area contributed by atoms with Crippen LogP contribution in [0.25, 0.3) is 0 Å². The molecular formula is C14H18FN3O2. The topological polar surface area (TPSA) is 54.5 Å². The first kappa shape index (κ1) is 13.3. The number of ether oxygens (including phenoxy) is 1. The molecule has 2 aliphatic rings. The molecule has 108 valence electrons. The molecule has 20 heavy (non-hydrogen) atoms. The molecule has 0 aliphatic carbocycles. The Morgan fingerprint density at radius 1 is 1.40 bits per heavy atom. The average molecular weight is 279 g/mol. The van der Waals surface area contributed by atoms with Gasteiger partial charge in [0.25, 0.3) is 0 Å². The fourth-order valence-electron chi connectivity index (χ4n) is 2.80. The molecule has 6 heteroatoms. The smallest absolute Gasteiger partial charge is 0.226 e. The van der Waals surface area contributed by atoms with Crippen LogP contribution in [0.2, 0.25) is 0 Å². The highest BCUT2D eigenvalue weighted by atomic mass is 19.1. The van der Waals surface area contributed by atoms with Gasteiger partial charge in [0.15, 0.2) is 11.6 Å². The number of hydrogen-bond acceptors (Lipinski definition) is 4. The van der Waals surface area contributed by atoms with Crippen LogP contribution in [-0.4, -0.2) is 42.0 Å². The summed E-state index contributed by atoms with van der Waals surface area (Å²) in [6.45, 7) is 2.96. The van der Waals surface area contributed by atoms with E-state index in [2.05, 4.69) is 10.3 Å². The fraction of sp³-hybridized carbons (Fsp3) is 0.571. The number of carbonyl (C=O) groups is 1. The van der Waals surface area contributed by atoms with E-state index in [1.54, 1.807) is 11.1 Å². The minimum Gasteiger partial charge on any atom is -0.488 e. The van der Waals surface area contributed by atoms with Crippen molar-refractivity contribution in [3.63, 3.8) is 0 Å². The number of amides is 1. The molecule has 1 N–H and O–H groups in total. The van der Waals surface area contributed by atoms with E-state index < -0.39 is 5.82 Å². The lowest BCUT2D eigenvalue weighted by molar-refractivity contribution is -0.137. The van der Waals surface area contributed by atoms with Gasteiger partial charge in [-0.05, 0) is 25.9 Å². The first-order chi connectivity index (χ1) is 9.75. The summed E-state index contributed by atoms with van der Waals surface area (Å²) < 4.78 is 19.1. The molecule has 0 bridgehead atoms. The van der Waals surface area contributed by atoms with Gasteiger partial charge in [0.2, 0.25) is 5.91 Å². The Labute approximate surface area is 117 Å². The molecule has 0 spiro atoms. The predicted octanol–water partition coefficient (Wildman–Crippen LogP) is 0.941. The Kier molecular flexibility index (Phi) is 3.82. The second-order valence-corrected chi connectivity index (χ2v) is 5.24. The molecule has 0 unspecified atom stereocenters. The van der Waals surface area contributed by atoms with Gasteiger partial charge in [-0.2, -0.15) is 0 Å². The predicted molar refractivity (Wildman–Crippen MR) is 70.7 cm³/mol. The summed E-state index contributed by atoms with van der Waals surface area (Å²) in [4.78, 5) is 18.1. The molecular weight excluding hydrogens is 261 g/mol. The van der Waals surface area contributed by atoms with Crippen molar-refractivity contribution in [3.8, 4) is 5.75 Å². The monoisotopic (exact) mass is 279 g/mol. The molecule has 5 nitrogen and oxygen atoms in total. The molecule has 1 aromatic rings. The summed E-state index contributed by atoms with van der Waals surface area (Å²) in [6, 6.07) is 0. The molecule has 1 fully saturated rings. The Hall–Kier alpha value is -1.69. The first-order valence-corrected chi connectivity index (χ1v) is 7.00. The maximum Gasteiger partial charge on any atom is 0.226 e. The largest absolute Gasteiger partial charge is 0.488 e. The highest BCUT2D eigenvalue weighted by molar-refractivity contribution is 5.79. The summed E-state index contributed by atoms with van der Waals surface area (Å²) in [5, 5.41) is 3.25. The summed E-state index contributed by atoms with van der Waals surface area (Å²) in [6.07, 6.45) is 4.45. The maximum atomic E-state index is 13.6. The van der Waals surface area contributed by atoms with Crippen molar-refractivity contribution >= 4 is 5.91 Å². The third-order valence-corrected chi connectivity index (χ3v) is 3.90. The van der Waals surface area contributed by atoms with Gasteiger partial charge >= 0.3 is 0 Å². The van der Waals surface area contributed by atoms with Gasteiger partial charge in [-0.3, -0.25) is 9.78 Å². The average Bonchev–Trinajstić information content (AvgIpc) is 2.71. The van der Waals surface area contributed by atoms with Crippen molar-refractivity contribution in [2.75, 3.05) is 26.2 Å². The lowest BCUT2D eigenvalue weighted by Gasteiger charge is -2.28. The van der Waals surface area contributed by atoms with E-state index >= 15 is 0 Å². The van der Waals surface area contributed by atoms with Gasteiger partial charge in [0.05, 0.1) is 19.3 Å². The molecule has 0 atom stereocenters. The van der Waals surface area contributed by atoms with E-state index in [-0.39, 0.29) is 17.6 Å². The van der Waals surface area contributed by atoms with Crippen molar-refractivity contribution in [3.05, 3.63) is 23.8 Å². The Bertz CT molecular complexity index is 503. The van der Waals surface area contributed by atoms with E-state index in [9.17, 15) is 9.18 Å². The first-order valence-electron chi connectivity index (χ1n) is 7.00. The number of nitrogens with zero attached hydrogens (tertiary/aromatic N) is 2. The van der Waals surface area contributed by atoms with Crippen molar-refractivity contribution in [2.24, 2.45) is 5.92 Å². The summed E-state index contributed by atoms with van der Waals surface area (Å²) >= 11 is 0. The van der Waals surface area contributed by atoms with Crippen molar-refractivity contribution < 1.29 is 13.9 Å². The lowest BCUT2D eigenvalue weighted by atomic mass is 9.96. The van der Waals surface area contributed by atoms with Crippen LogP contribution < -0.4 is 10.1 Å². The van der Waals surface area contributed by atoms with E-state index in [4.69, 9.17) is 4.74 Å². The molecule has 1 aromatic heterocycles. The molecule has 1 saturated heterocycles. The molecule has 3 rings (SSSR count). The Morgan fingerprint density at radius 2 is 2.20 bits per heavy atom. The third-order valence-electron chi connectivity index (χ3n) is 3.90. The zero-order valence-electron chi connectivity index (χ0n) is 11.3. The minimum absolute atomic E-state index is 0.0688. The number of halogens is 1. The van der Waals surface area contributed by atoms with Gasteiger partial charge in [-0.15, -0.1) is 0 Å².